The molecule has 0 saturated carbocycles. The quantitative estimate of drug-likeness (QED) is 0.675. The number of benzene rings is 1. The number of likely N-dealkylation sites (tertiary alicyclic amines) is 1. The van der Waals surface area contributed by atoms with Crippen molar-refractivity contribution >= 4 is 28.5 Å². The summed E-state index contributed by atoms with van der Waals surface area (Å²) >= 11 is 6.19. The van der Waals surface area contributed by atoms with Gasteiger partial charge in [-0.15, -0.1) is 0 Å². The van der Waals surface area contributed by atoms with E-state index in [9.17, 15) is 23.1 Å². The Labute approximate surface area is 171 Å². The topological polar surface area (TPSA) is 81.2 Å². The summed E-state index contributed by atoms with van der Waals surface area (Å²) in [7, 11) is 0. The molecule has 3 rings (SSSR count). The SMILES string of the molecule is CC(C)(C1CCN(C(=O)NCC(F)(F)F)CC1)[C@H](O)c1cc(Cl)cc2cn[nH]c12. The molecule has 1 aromatic heterocycles. The third kappa shape index (κ3) is 4.78. The van der Waals surface area contributed by atoms with E-state index in [2.05, 4.69) is 10.2 Å². The molecule has 1 aromatic carbocycles. The number of H-pyrrole nitrogens is 1. The Kier molecular flexibility index (Phi) is 6.01. The lowest BCUT2D eigenvalue weighted by molar-refractivity contribution is -0.123. The molecule has 2 heterocycles. The summed E-state index contributed by atoms with van der Waals surface area (Å²) in [6.45, 7) is 3.22. The summed E-state index contributed by atoms with van der Waals surface area (Å²) in [5.74, 6) is 0.0705. The van der Waals surface area contributed by atoms with E-state index in [4.69, 9.17) is 11.6 Å². The number of nitrogens with zero attached hydrogens (tertiary/aromatic N) is 2. The molecule has 0 unspecified atom stereocenters. The molecule has 1 atom stereocenters. The number of amides is 2. The summed E-state index contributed by atoms with van der Waals surface area (Å²) in [6, 6.07) is 2.77. The molecular formula is C19H24ClF3N4O2. The molecule has 6 nitrogen and oxygen atoms in total. The molecule has 1 aliphatic rings. The van der Waals surface area contributed by atoms with Gasteiger partial charge < -0.3 is 15.3 Å². The standard InChI is InChI=1S/C19H24ClF3N4O2/c1-18(2,16(28)14-8-13(20)7-11-9-25-26-15(11)14)12-3-5-27(6-4-12)17(29)24-10-19(21,22)23/h7-9,12,16,28H,3-6,10H2,1-2H3,(H,24,29)(H,25,26)/t16-/m1/s1. The molecule has 1 aliphatic heterocycles. The van der Waals surface area contributed by atoms with Crippen LogP contribution in [0.1, 0.15) is 38.4 Å². The van der Waals surface area contributed by atoms with Crippen LogP contribution in [-0.2, 0) is 0 Å². The summed E-state index contributed by atoms with van der Waals surface area (Å²) < 4.78 is 36.9. The first-order chi connectivity index (χ1) is 13.5. The van der Waals surface area contributed by atoms with Gasteiger partial charge in [0.05, 0.1) is 17.8 Å². The fraction of sp³-hybridized carbons (Fsp3) is 0.579. The van der Waals surface area contributed by atoms with Gasteiger partial charge in [0.25, 0.3) is 0 Å². The van der Waals surface area contributed by atoms with Crippen molar-refractivity contribution in [1.29, 1.82) is 0 Å². The van der Waals surface area contributed by atoms with Gasteiger partial charge in [-0.25, -0.2) is 4.79 Å². The van der Waals surface area contributed by atoms with Crippen molar-refractivity contribution in [2.24, 2.45) is 11.3 Å². The average Bonchev–Trinajstić information content (AvgIpc) is 3.12. The number of hydrogen-bond acceptors (Lipinski definition) is 3. The Bertz CT molecular complexity index is 876. The highest BCUT2D eigenvalue weighted by molar-refractivity contribution is 6.31. The number of aromatic nitrogens is 2. The summed E-state index contributed by atoms with van der Waals surface area (Å²) in [6.07, 6.45) is -2.47. The van der Waals surface area contributed by atoms with Crippen molar-refractivity contribution in [2.75, 3.05) is 19.6 Å². The Balaban J connectivity index is 1.68. The lowest BCUT2D eigenvalue weighted by Gasteiger charge is -2.43. The van der Waals surface area contributed by atoms with E-state index < -0.39 is 30.3 Å². The lowest BCUT2D eigenvalue weighted by atomic mass is 9.68. The third-order valence-electron chi connectivity index (χ3n) is 5.82. The maximum Gasteiger partial charge on any atom is 0.405 e. The normalized spacial score (nSPS) is 17.6. The minimum atomic E-state index is -4.44. The van der Waals surface area contributed by atoms with Crippen molar-refractivity contribution < 1.29 is 23.1 Å². The summed E-state index contributed by atoms with van der Waals surface area (Å²) in [5.41, 5.74) is 0.830. The van der Waals surface area contributed by atoms with E-state index >= 15 is 0 Å². The monoisotopic (exact) mass is 432 g/mol. The van der Waals surface area contributed by atoms with Gasteiger partial charge in [0.1, 0.15) is 6.54 Å². The van der Waals surface area contributed by atoms with Crippen LogP contribution in [0, 0.1) is 11.3 Å². The zero-order valence-electron chi connectivity index (χ0n) is 16.2. The number of piperidine rings is 1. The molecule has 1 fully saturated rings. The highest BCUT2D eigenvalue weighted by Gasteiger charge is 2.40. The first kappa shape index (κ1) is 21.7. The van der Waals surface area contributed by atoms with Gasteiger partial charge in [-0.1, -0.05) is 25.4 Å². The molecule has 2 aromatic rings. The summed E-state index contributed by atoms with van der Waals surface area (Å²) in [4.78, 5) is 13.3. The number of aliphatic hydroxyl groups excluding tert-OH is 1. The fourth-order valence-corrected chi connectivity index (χ4v) is 4.24. The van der Waals surface area contributed by atoms with Crippen LogP contribution in [0.25, 0.3) is 10.9 Å². The van der Waals surface area contributed by atoms with Gasteiger partial charge in [0.15, 0.2) is 0 Å². The molecule has 0 spiro atoms. The van der Waals surface area contributed by atoms with Gasteiger partial charge in [-0.05, 0) is 36.3 Å². The number of aromatic amines is 1. The molecular weight excluding hydrogens is 409 g/mol. The van der Waals surface area contributed by atoms with Crippen LogP contribution in [0.5, 0.6) is 0 Å². The lowest BCUT2D eigenvalue weighted by Crippen LogP contribution is -2.49. The number of carbonyl (C=O) groups is 1. The van der Waals surface area contributed by atoms with Gasteiger partial charge >= 0.3 is 12.2 Å². The third-order valence-corrected chi connectivity index (χ3v) is 6.04. The van der Waals surface area contributed by atoms with Crippen LogP contribution in [0.3, 0.4) is 0 Å². The number of urea groups is 1. The maximum absolute atomic E-state index is 12.3. The zero-order valence-corrected chi connectivity index (χ0v) is 16.9. The first-order valence-corrected chi connectivity index (χ1v) is 9.77. The van der Waals surface area contributed by atoms with Crippen molar-refractivity contribution in [3.8, 4) is 0 Å². The minimum absolute atomic E-state index is 0.0705. The average molecular weight is 433 g/mol. The predicted molar refractivity (Wildman–Crippen MR) is 104 cm³/mol. The van der Waals surface area contributed by atoms with Crippen LogP contribution in [0.15, 0.2) is 18.3 Å². The number of aliphatic hydroxyl groups is 1. The van der Waals surface area contributed by atoms with Gasteiger partial charge in [-0.3, -0.25) is 5.10 Å². The number of carbonyl (C=O) groups excluding carboxylic acids is 1. The van der Waals surface area contributed by atoms with Crippen LogP contribution in [-0.4, -0.2) is 52.0 Å². The maximum atomic E-state index is 12.3. The van der Waals surface area contributed by atoms with Crippen LogP contribution >= 0.6 is 11.6 Å². The largest absolute Gasteiger partial charge is 0.405 e. The zero-order chi connectivity index (χ0) is 21.4. The number of halogens is 4. The number of hydrogen-bond donors (Lipinski definition) is 3. The number of nitrogens with one attached hydrogen (secondary N) is 2. The number of rotatable bonds is 4. The minimum Gasteiger partial charge on any atom is -0.388 e. The molecule has 160 valence electrons. The predicted octanol–water partition coefficient (Wildman–Crippen LogP) is 4.26. The molecule has 0 aliphatic carbocycles. The van der Waals surface area contributed by atoms with E-state index in [0.717, 1.165) is 10.9 Å². The Morgan fingerprint density at radius 3 is 2.66 bits per heavy atom. The van der Waals surface area contributed by atoms with Crippen LogP contribution < -0.4 is 5.32 Å². The number of alkyl halides is 3. The Hall–Kier alpha value is -2.00. The molecule has 0 bridgehead atoms. The fourth-order valence-electron chi connectivity index (χ4n) is 4.00. The number of fused-ring (bicyclic) bond motifs is 1. The van der Waals surface area contributed by atoms with Gasteiger partial charge in [-0.2, -0.15) is 18.3 Å². The van der Waals surface area contributed by atoms with Gasteiger partial charge in [0, 0.05) is 29.1 Å². The van der Waals surface area contributed by atoms with Crippen LogP contribution in [0.4, 0.5) is 18.0 Å². The highest BCUT2D eigenvalue weighted by Crippen LogP contribution is 2.46. The van der Waals surface area contributed by atoms with E-state index in [-0.39, 0.29) is 5.92 Å². The Morgan fingerprint density at radius 2 is 2.03 bits per heavy atom. The Morgan fingerprint density at radius 1 is 1.38 bits per heavy atom. The molecule has 2 amide bonds. The molecule has 29 heavy (non-hydrogen) atoms. The van der Waals surface area contributed by atoms with E-state index in [1.165, 1.54) is 4.90 Å². The van der Waals surface area contributed by atoms with Crippen molar-refractivity contribution in [3.63, 3.8) is 0 Å². The van der Waals surface area contributed by atoms with Crippen molar-refractivity contribution in [2.45, 2.75) is 39.0 Å². The molecule has 1 saturated heterocycles. The molecule has 10 heteroatoms. The van der Waals surface area contributed by atoms with E-state index in [1.807, 2.05) is 19.2 Å². The highest BCUT2D eigenvalue weighted by atomic mass is 35.5. The van der Waals surface area contributed by atoms with Crippen molar-refractivity contribution in [1.82, 2.24) is 20.4 Å². The second-order valence-electron chi connectivity index (χ2n) is 8.09. The second kappa shape index (κ2) is 8.02. The van der Waals surface area contributed by atoms with Crippen LogP contribution in [0.2, 0.25) is 5.02 Å². The molecule has 0 radical (unpaired) electrons. The first-order valence-electron chi connectivity index (χ1n) is 9.39. The van der Waals surface area contributed by atoms with E-state index in [0.29, 0.717) is 36.5 Å². The van der Waals surface area contributed by atoms with E-state index in [1.54, 1.807) is 18.3 Å². The smallest absolute Gasteiger partial charge is 0.388 e. The van der Waals surface area contributed by atoms with Crippen molar-refractivity contribution in [3.05, 3.63) is 28.9 Å². The second-order valence-corrected chi connectivity index (χ2v) is 8.52. The molecule has 3 N–H and O–H groups in total. The van der Waals surface area contributed by atoms with Gasteiger partial charge in [0.2, 0.25) is 0 Å². The summed E-state index contributed by atoms with van der Waals surface area (Å²) in [5, 5.41) is 21.3.